The van der Waals surface area contributed by atoms with Crippen LogP contribution < -0.4 is 10.1 Å². The molecule has 0 unspecified atom stereocenters. The summed E-state index contributed by atoms with van der Waals surface area (Å²) in [6, 6.07) is 6.32. The fraction of sp³-hybridized carbons (Fsp3) is 0.353. The lowest BCUT2D eigenvalue weighted by molar-refractivity contribution is -0.117. The quantitative estimate of drug-likeness (QED) is 0.894. The van der Waals surface area contributed by atoms with E-state index in [4.69, 9.17) is 4.74 Å². The maximum absolute atomic E-state index is 12.3. The van der Waals surface area contributed by atoms with Gasteiger partial charge in [-0.2, -0.15) is 0 Å². The number of rotatable bonds is 2. The highest BCUT2D eigenvalue weighted by Crippen LogP contribution is 2.26. The molecule has 104 valence electrons. The number of ether oxygens (including phenoxy) is 1. The molecule has 0 saturated heterocycles. The summed E-state index contributed by atoms with van der Waals surface area (Å²) in [5.41, 5.74) is 2.74. The molecule has 1 aromatic rings. The van der Waals surface area contributed by atoms with Gasteiger partial charge in [0.1, 0.15) is 5.75 Å². The molecule has 3 rings (SSSR count). The molecule has 2 aliphatic rings. The normalized spacial score (nSPS) is 17.9. The number of benzene rings is 1. The van der Waals surface area contributed by atoms with E-state index in [-0.39, 0.29) is 5.91 Å². The van der Waals surface area contributed by atoms with Gasteiger partial charge in [0.2, 0.25) is 0 Å². The minimum absolute atomic E-state index is 0.00910. The van der Waals surface area contributed by atoms with Crippen molar-refractivity contribution in [2.75, 3.05) is 0 Å². The van der Waals surface area contributed by atoms with Gasteiger partial charge in [-0.3, -0.25) is 4.79 Å². The Morgan fingerprint density at radius 2 is 2.10 bits per heavy atom. The number of fused-ring (bicyclic) bond motifs is 1. The second-order valence-electron chi connectivity index (χ2n) is 5.52. The Morgan fingerprint density at radius 1 is 1.30 bits per heavy atom. The molecular weight excluding hydrogens is 250 g/mol. The average Bonchev–Trinajstić information content (AvgIpc) is 2.83. The molecule has 3 nitrogen and oxygen atoms in total. The molecule has 1 aliphatic carbocycles. The van der Waals surface area contributed by atoms with Gasteiger partial charge in [-0.25, -0.2) is 0 Å². The van der Waals surface area contributed by atoms with Crippen molar-refractivity contribution < 1.29 is 9.53 Å². The van der Waals surface area contributed by atoms with Crippen LogP contribution in [0.1, 0.15) is 36.8 Å². The van der Waals surface area contributed by atoms with E-state index >= 15 is 0 Å². The molecule has 0 bridgehead atoms. The van der Waals surface area contributed by atoms with Crippen molar-refractivity contribution in [1.29, 1.82) is 0 Å². The van der Waals surface area contributed by atoms with E-state index in [1.165, 1.54) is 12.8 Å². The summed E-state index contributed by atoms with van der Waals surface area (Å²) >= 11 is 0. The van der Waals surface area contributed by atoms with E-state index in [2.05, 4.69) is 5.32 Å². The van der Waals surface area contributed by atoms with Crippen molar-refractivity contribution in [3.8, 4) is 5.75 Å². The summed E-state index contributed by atoms with van der Waals surface area (Å²) in [6.45, 7) is 2.02. The second kappa shape index (κ2) is 5.53. The van der Waals surface area contributed by atoms with Crippen LogP contribution in [-0.2, 0) is 4.79 Å². The Kier molecular flexibility index (Phi) is 3.59. The number of nitrogens with one attached hydrogen (secondary N) is 1. The Bertz CT molecular complexity index is 581. The van der Waals surface area contributed by atoms with Crippen LogP contribution in [0.15, 0.2) is 36.1 Å². The first-order chi connectivity index (χ1) is 9.72. The second-order valence-corrected chi connectivity index (χ2v) is 5.52. The van der Waals surface area contributed by atoms with E-state index < -0.39 is 0 Å². The fourth-order valence-electron chi connectivity index (χ4n) is 2.74. The molecule has 1 saturated carbocycles. The van der Waals surface area contributed by atoms with E-state index in [1.54, 1.807) is 12.3 Å². The Balaban J connectivity index is 1.81. The zero-order chi connectivity index (χ0) is 13.9. The summed E-state index contributed by atoms with van der Waals surface area (Å²) in [7, 11) is 0. The van der Waals surface area contributed by atoms with Crippen LogP contribution in [0.3, 0.4) is 0 Å². The third kappa shape index (κ3) is 2.77. The molecule has 0 aromatic heterocycles. The van der Waals surface area contributed by atoms with Crippen LogP contribution in [0.4, 0.5) is 0 Å². The van der Waals surface area contributed by atoms with Crippen LogP contribution in [0.2, 0.25) is 0 Å². The molecule has 1 fully saturated rings. The predicted octanol–water partition coefficient (Wildman–Crippen LogP) is 3.34. The van der Waals surface area contributed by atoms with Gasteiger partial charge in [-0.1, -0.05) is 25.0 Å². The van der Waals surface area contributed by atoms with Crippen molar-refractivity contribution >= 4 is 12.0 Å². The first-order valence-corrected chi connectivity index (χ1v) is 7.19. The predicted molar refractivity (Wildman–Crippen MR) is 79.3 cm³/mol. The van der Waals surface area contributed by atoms with Crippen molar-refractivity contribution in [2.24, 2.45) is 0 Å². The zero-order valence-corrected chi connectivity index (χ0v) is 11.7. The fourth-order valence-corrected chi connectivity index (χ4v) is 2.74. The van der Waals surface area contributed by atoms with Gasteiger partial charge in [0, 0.05) is 17.2 Å². The van der Waals surface area contributed by atoms with E-state index in [1.807, 2.05) is 31.2 Å². The maximum Gasteiger partial charge on any atom is 0.251 e. The smallest absolute Gasteiger partial charge is 0.251 e. The van der Waals surface area contributed by atoms with Crippen molar-refractivity contribution in [2.45, 2.75) is 38.6 Å². The summed E-state index contributed by atoms with van der Waals surface area (Å²) in [5.74, 6) is 0.787. The highest BCUT2D eigenvalue weighted by Gasteiger charge is 2.19. The average molecular weight is 269 g/mol. The molecule has 20 heavy (non-hydrogen) atoms. The molecule has 0 radical (unpaired) electrons. The topological polar surface area (TPSA) is 38.3 Å². The summed E-state index contributed by atoms with van der Waals surface area (Å²) in [5, 5.41) is 3.10. The molecule has 1 heterocycles. The lowest BCUT2D eigenvalue weighted by Gasteiger charge is -2.11. The lowest BCUT2D eigenvalue weighted by atomic mass is 10.1. The van der Waals surface area contributed by atoms with Crippen LogP contribution >= 0.6 is 0 Å². The highest BCUT2D eigenvalue weighted by atomic mass is 16.5. The molecule has 1 aliphatic heterocycles. The number of carbonyl (C=O) groups excluding carboxylic acids is 1. The van der Waals surface area contributed by atoms with Crippen LogP contribution in [-0.4, -0.2) is 11.9 Å². The van der Waals surface area contributed by atoms with E-state index in [9.17, 15) is 4.79 Å². The molecule has 0 atom stereocenters. The lowest BCUT2D eigenvalue weighted by Crippen LogP contribution is -2.33. The minimum Gasteiger partial charge on any atom is -0.464 e. The maximum atomic E-state index is 12.3. The van der Waals surface area contributed by atoms with Gasteiger partial charge in [-0.05, 0) is 43.5 Å². The van der Waals surface area contributed by atoms with Gasteiger partial charge >= 0.3 is 0 Å². The summed E-state index contributed by atoms with van der Waals surface area (Å²) in [4.78, 5) is 12.3. The Morgan fingerprint density at radius 3 is 2.90 bits per heavy atom. The van der Waals surface area contributed by atoms with Crippen molar-refractivity contribution in [1.82, 2.24) is 5.32 Å². The summed E-state index contributed by atoms with van der Waals surface area (Å²) in [6.07, 6.45) is 9.83. The third-order valence-corrected chi connectivity index (χ3v) is 3.88. The number of amides is 1. The minimum atomic E-state index is -0.00910. The monoisotopic (exact) mass is 269 g/mol. The van der Waals surface area contributed by atoms with E-state index in [0.717, 1.165) is 29.7 Å². The Hall–Kier alpha value is -2.03. The Labute approximate surface area is 119 Å². The van der Waals surface area contributed by atoms with Gasteiger partial charge < -0.3 is 10.1 Å². The van der Waals surface area contributed by atoms with Crippen LogP contribution in [0, 0.1) is 6.92 Å². The first kappa shape index (κ1) is 13.0. The number of hydrogen-bond acceptors (Lipinski definition) is 2. The van der Waals surface area contributed by atoms with Crippen LogP contribution in [0.25, 0.3) is 6.08 Å². The van der Waals surface area contributed by atoms with Crippen molar-refractivity contribution in [3.63, 3.8) is 0 Å². The SMILES string of the molecule is Cc1ccc2c(c1)OC=CC(C(=O)NC1CCCC1)=C2. The van der Waals surface area contributed by atoms with Gasteiger partial charge in [-0.15, -0.1) is 0 Å². The number of aryl methyl sites for hydroxylation is 1. The molecule has 1 amide bonds. The molecule has 0 spiro atoms. The van der Waals surface area contributed by atoms with Crippen LogP contribution in [0.5, 0.6) is 5.75 Å². The van der Waals surface area contributed by atoms with Gasteiger partial charge in [0.25, 0.3) is 5.91 Å². The zero-order valence-electron chi connectivity index (χ0n) is 11.7. The summed E-state index contributed by atoms with van der Waals surface area (Å²) < 4.78 is 5.57. The third-order valence-electron chi connectivity index (χ3n) is 3.88. The van der Waals surface area contributed by atoms with Crippen molar-refractivity contribution in [3.05, 3.63) is 47.2 Å². The molecule has 1 N–H and O–H groups in total. The van der Waals surface area contributed by atoms with Gasteiger partial charge in [0.15, 0.2) is 0 Å². The van der Waals surface area contributed by atoms with Gasteiger partial charge in [0.05, 0.1) is 6.26 Å². The van der Waals surface area contributed by atoms with E-state index in [0.29, 0.717) is 11.6 Å². The number of carbonyl (C=O) groups is 1. The standard InChI is InChI=1S/C17H19NO2/c1-12-6-7-13-11-14(8-9-20-16(13)10-12)17(19)18-15-4-2-3-5-15/h6-11,15H,2-5H2,1H3,(H,18,19). The largest absolute Gasteiger partial charge is 0.464 e. The first-order valence-electron chi connectivity index (χ1n) is 7.19. The number of hydrogen-bond donors (Lipinski definition) is 1. The molecule has 1 aromatic carbocycles. The highest BCUT2D eigenvalue weighted by molar-refractivity contribution is 6.01. The molecule has 3 heteroatoms. The molecular formula is C17H19NO2.